The number of benzene rings is 1. The SMILES string of the molecule is CC(C)(N)c1ccccc1.Cl.N. The molecule has 0 aromatic heterocycles. The molecule has 0 amide bonds. The summed E-state index contributed by atoms with van der Waals surface area (Å²) >= 11 is 0. The lowest BCUT2D eigenvalue weighted by Crippen LogP contribution is -2.28. The maximum atomic E-state index is 5.86. The Labute approximate surface area is 80.2 Å². The summed E-state index contributed by atoms with van der Waals surface area (Å²) in [5, 5.41) is 0. The van der Waals surface area contributed by atoms with Crippen molar-refractivity contribution < 1.29 is 0 Å². The number of hydrogen-bond donors (Lipinski definition) is 2. The smallest absolute Gasteiger partial charge is 0.0352 e. The van der Waals surface area contributed by atoms with Gasteiger partial charge in [-0.25, -0.2) is 0 Å². The van der Waals surface area contributed by atoms with E-state index in [1.807, 2.05) is 44.2 Å². The summed E-state index contributed by atoms with van der Waals surface area (Å²) in [7, 11) is 0. The van der Waals surface area contributed by atoms with Gasteiger partial charge in [0.2, 0.25) is 0 Å². The molecule has 1 aromatic rings. The van der Waals surface area contributed by atoms with Gasteiger partial charge in [0.1, 0.15) is 0 Å². The Bertz CT molecular complexity index is 204. The van der Waals surface area contributed by atoms with Gasteiger partial charge >= 0.3 is 0 Å². The molecule has 0 aliphatic heterocycles. The van der Waals surface area contributed by atoms with Crippen LogP contribution in [0.25, 0.3) is 0 Å². The van der Waals surface area contributed by atoms with E-state index in [0.29, 0.717) is 0 Å². The van der Waals surface area contributed by atoms with Gasteiger partial charge in [0.15, 0.2) is 0 Å². The van der Waals surface area contributed by atoms with Crippen molar-refractivity contribution >= 4 is 12.4 Å². The molecule has 1 rings (SSSR count). The van der Waals surface area contributed by atoms with Gasteiger partial charge in [0.25, 0.3) is 0 Å². The Morgan fingerprint density at radius 2 is 1.50 bits per heavy atom. The highest BCUT2D eigenvalue weighted by atomic mass is 35.5. The zero-order valence-electron chi connectivity index (χ0n) is 7.58. The van der Waals surface area contributed by atoms with Gasteiger partial charge in [0.05, 0.1) is 0 Å². The number of hydrogen-bond acceptors (Lipinski definition) is 2. The van der Waals surface area contributed by atoms with E-state index in [1.165, 1.54) is 5.56 Å². The number of halogens is 1. The lowest BCUT2D eigenvalue weighted by molar-refractivity contribution is 0.554. The lowest BCUT2D eigenvalue weighted by Gasteiger charge is -2.18. The minimum absolute atomic E-state index is 0. The summed E-state index contributed by atoms with van der Waals surface area (Å²) in [5.41, 5.74) is 6.83. The molecule has 1 aromatic carbocycles. The molecular weight excluding hydrogens is 172 g/mol. The van der Waals surface area contributed by atoms with Gasteiger partial charge in [-0.2, -0.15) is 0 Å². The first kappa shape index (κ1) is 14.0. The second-order valence-electron chi connectivity index (χ2n) is 3.09. The fourth-order valence-electron chi connectivity index (χ4n) is 0.868. The first-order chi connectivity index (χ1) is 4.61. The zero-order chi connectivity index (χ0) is 7.61. The van der Waals surface area contributed by atoms with Gasteiger partial charge in [-0.3, -0.25) is 0 Å². The average molecular weight is 189 g/mol. The second-order valence-corrected chi connectivity index (χ2v) is 3.09. The molecule has 5 N–H and O–H groups in total. The van der Waals surface area contributed by atoms with E-state index >= 15 is 0 Å². The van der Waals surface area contributed by atoms with E-state index in [1.54, 1.807) is 0 Å². The Balaban J connectivity index is 0. The fraction of sp³-hybridized carbons (Fsp3) is 0.333. The Morgan fingerprint density at radius 1 is 1.08 bits per heavy atom. The van der Waals surface area contributed by atoms with E-state index < -0.39 is 0 Å². The fourth-order valence-corrected chi connectivity index (χ4v) is 0.868. The predicted molar refractivity (Wildman–Crippen MR) is 55.9 cm³/mol. The Hall–Kier alpha value is -0.570. The highest BCUT2D eigenvalue weighted by Crippen LogP contribution is 2.14. The molecule has 0 unspecified atom stereocenters. The summed E-state index contributed by atoms with van der Waals surface area (Å²) in [4.78, 5) is 0. The van der Waals surface area contributed by atoms with Crippen LogP contribution in [0.15, 0.2) is 30.3 Å². The van der Waals surface area contributed by atoms with Crippen molar-refractivity contribution in [2.75, 3.05) is 0 Å². The van der Waals surface area contributed by atoms with E-state index in [-0.39, 0.29) is 24.1 Å². The third kappa shape index (κ3) is 3.72. The van der Waals surface area contributed by atoms with Gasteiger partial charge in [0, 0.05) is 5.54 Å². The molecular formula is C9H17ClN2. The van der Waals surface area contributed by atoms with Crippen molar-refractivity contribution in [3.05, 3.63) is 35.9 Å². The van der Waals surface area contributed by atoms with E-state index in [0.717, 1.165) is 0 Å². The summed E-state index contributed by atoms with van der Waals surface area (Å²) in [6.07, 6.45) is 0. The van der Waals surface area contributed by atoms with Crippen LogP contribution in [-0.2, 0) is 5.54 Å². The molecule has 0 saturated carbocycles. The maximum absolute atomic E-state index is 5.86. The van der Waals surface area contributed by atoms with Crippen molar-refractivity contribution in [1.29, 1.82) is 0 Å². The molecule has 0 fully saturated rings. The van der Waals surface area contributed by atoms with E-state index in [9.17, 15) is 0 Å². The quantitative estimate of drug-likeness (QED) is 0.712. The Kier molecular flexibility index (Phi) is 5.99. The summed E-state index contributed by atoms with van der Waals surface area (Å²) in [5.74, 6) is 0. The highest BCUT2D eigenvalue weighted by Gasteiger charge is 2.11. The van der Waals surface area contributed by atoms with Crippen LogP contribution < -0.4 is 11.9 Å². The molecule has 0 heterocycles. The molecule has 3 heteroatoms. The molecule has 0 aliphatic rings. The minimum Gasteiger partial charge on any atom is -0.344 e. The normalized spacial score (nSPS) is 9.58. The number of rotatable bonds is 1. The average Bonchev–Trinajstić information content (AvgIpc) is 1.88. The van der Waals surface area contributed by atoms with Crippen molar-refractivity contribution in [3.8, 4) is 0 Å². The van der Waals surface area contributed by atoms with Crippen LogP contribution in [0.1, 0.15) is 19.4 Å². The number of nitrogens with two attached hydrogens (primary N) is 1. The van der Waals surface area contributed by atoms with Crippen molar-refractivity contribution in [1.82, 2.24) is 6.15 Å². The predicted octanol–water partition coefficient (Wildman–Crippen LogP) is 2.46. The van der Waals surface area contributed by atoms with E-state index in [4.69, 9.17) is 5.73 Å². The molecule has 12 heavy (non-hydrogen) atoms. The lowest BCUT2D eigenvalue weighted by atomic mass is 9.96. The van der Waals surface area contributed by atoms with Crippen molar-refractivity contribution in [2.45, 2.75) is 19.4 Å². The monoisotopic (exact) mass is 188 g/mol. The zero-order valence-corrected chi connectivity index (χ0v) is 8.40. The summed E-state index contributed by atoms with van der Waals surface area (Å²) in [6.45, 7) is 4.00. The molecule has 0 bridgehead atoms. The van der Waals surface area contributed by atoms with Crippen LogP contribution in [-0.4, -0.2) is 0 Å². The maximum Gasteiger partial charge on any atom is 0.0352 e. The summed E-state index contributed by atoms with van der Waals surface area (Å²) in [6, 6.07) is 10.1. The second kappa shape index (κ2) is 5.14. The van der Waals surface area contributed by atoms with Crippen LogP contribution in [0, 0.1) is 0 Å². The molecule has 0 aliphatic carbocycles. The van der Waals surface area contributed by atoms with Gasteiger partial charge in [-0.1, -0.05) is 30.3 Å². The van der Waals surface area contributed by atoms with E-state index in [2.05, 4.69) is 0 Å². The molecule has 0 atom stereocenters. The minimum atomic E-state index is -0.207. The van der Waals surface area contributed by atoms with Crippen molar-refractivity contribution in [2.24, 2.45) is 5.73 Å². The third-order valence-corrected chi connectivity index (χ3v) is 1.52. The standard InChI is InChI=1S/C9H13N.ClH.H3N/c1-9(2,10)8-6-4-3-5-7-8;;/h3-7H,10H2,1-2H3;1H;1H3. The first-order valence-electron chi connectivity index (χ1n) is 3.45. The molecule has 0 saturated heterocycles. The van der Waals surface area contributed by atoms with Crippen LogP contribution in [0.3, 0.4) is 0 Å². The molecule has 0 radical (unpaired) electrons. The van der Waals surface area contributed by atoms with Crippen LogP contribution in [0.2, 0.25) is 0 Å². The van der Waals surface area contributed by atoms with Crippen molar-refractivity contribution in [3.63, 3.8) is 0 Å². The third-order valence-electron chi connectivity index (χ3n) is 1.52. The van der Waals surface area contributed by atoms with Crippen LogP contribution in [0.4, 0.5) is 0 Å². The van der Waals surface area contributed by atoms with Gasteiger partial charge < -0.3 is 11.9 Å². The molecule has 0 spiro atoms. The van der Waals surface area contributed by atoms with Gasteiger partial charge in [-0.05, 0) is 19.4 Å². The summed E-state index contributed by atoms with van der Waals surface area (Å²) < 4.78 is 0. The topological polar surface area (TPSA) is 61.0 Å². The highest BCUT2D eigenvalue weighted by molar-refractivity contribution is 5.85. The Morgan fingerprint density at radius 3 is 1.75 bits per heavy atom. The van der Waals surface area contributed by atoms with Crippen LogP contribution >= 0.6 is 12.4 Å². The molecule has 2 nitrogen and oxygen atoms in total. The van der Waals surface area contributed by atoms with Crippen LogP contribution in [0.5, 0.6) is 0 Å². The first-order valence-corrected chi connectivity index (χ1v) is 3.45. The largest absolute Gasteiger partial charge is 0.344 e. The molecule has 70 valence electrons. The van der Waals surface area contributed by atoms with Gasteiger partial charge in [-0.15, -0.1) is 12.4 Å².